The van der Waals surface area contributed by atoms with Crippen LogP contribution in [0.2, 0.25) is 0 Å². The summed E-state index contributed by atoms with van der Waals surface area (Å²) in [6, 6.07) is 8.11. The van der Waals surface area contributed by atoms with Crippen molar-refractivity contribution in [3.63, 3.8) is 0 Å². The first-order valence-electron chi connectivity index (χ1n) is 6.60. The second-order valence-electron chi connectivity index (χ2n) is 4.75. The number of hydrogen-bond acceptors (Lipinski definition) is 5. The van der Waals surface area contributed by atoms with Gasteiger partial charge >= 0.3 is 5.69 Å². The summed E-state index contributed by atoms with van der Waals surface area (Å²) in [4.78, 5) is 41.1. The minimum atomic E-state index is -0.702. The maximum absolute atomic E-state index is 11.8. The summed E-state index contributed by atoms with van der Waals surface area (Å²) >= 11 is 0. The minimum Gasteiger partial charge on any atom is -0.493 e. The molecule has 0 atom stereocenters. The molecule has 23 heavy (non-hydrogen) atoms. The molecule has 3 rings (SSSR count). The van der Waals surface area contributed by atoms with Crippen molar-refractivity contribution < 1.29 is 9.90 Å². The number of amides is 1. The third kappa shape index (κ3) is 3.07. The van der Waals surface area contributed by atoms with E-state index in [-0.39, 0.29) is 23.7 Å². The highest BCUT2D eigenvalue weighted by molar-refractivity contribution is 5.94. The van der Waals surface area contributed by atoms with E-state index in [4.69, 9.17) is 0 Å². The molecule has 0 bridgehead atoms. The predicted octanol–water partition coefficient (Wildman–Crippen LogP) is 1.10. The Hall–Kier alpha value is -3.49. The molecule has 116 valence electrons. The van der Waals surface area contributed by atoms with Crippen molar-refractivity contribution in [2.45, 2.75) is 6.42 Å². The molecule has 3 aromatic rings. The number of nitrogens with one attached hydrogen (secondary N) is 3. The number of para-hydroxylation sites is 1. The molecule has 2 heterocycles. The van der Waals surface area contributed by atoms with E-state index < -0.39 is 17.2 Å². The normalized spacial score (nSPS) is 11.3. The van der Waals surface area contributed by atoms with E-state index in [0.717, 1.165) is 6.07 Å². The van der Waals surface area contributed by atoms with Crippen LogP contribution in [0.4, 0.5) is 5.69 Å². The first kappa shape index (κ1) is 14.4. The van der Waals surface area contributed by atoms with Crippen molar-refractivity contribution in [2.24, 2.45) is 10.2 Å². The number of carbonyl (C=O) groups is 1. The van der Waals surface area contributed by atoms with E-state index in [1.807, 2.05) is 4.98 Å². The second kappa shape index (κ2) is 5.72. The van der Waals surface area contributed by atoms with Crippen molar-refractivity contribution >= 4 is 22.5 Å². The maximum atomic E-state index is 11.8. The van der Waals surface area contributed by atoms with E-state index >= 15 is 0 Å². The van der Waals surface area contributed by atoms with E-state index in [2.05, 4.69) is 20.2 Å². The number of benzene rings is 1. The fraction of sp³-hybridized carbons (Fsp3) is 0.0714. The highest BCUT2D eigenvalue weighted by atomic mass is 16.3. The highest BCUT2D eigenvalue weighted by Gasteiger charge is 2.10. The summed E-state index contributed by atoms with van der Waals surface area (Å²) in [7, 11) is 0. The fourth-order valence-electron chi connectivity index (χ4n) is 2.13. The van der Waals surface area contributed by atoms with Crippen LogP contribution in [0.25, 0.3) is 10.9 Å². The minimum absolute atomic E-state index is 0.130. The number of H-pyrrole nitrogens is 3. The number of carbonyl (C=O) groups excluding carboxylic acids is 1. The molecule has 0 saturated carbocycles. The average Bonchev–Trinajstić information content (AvgIpc) is 2.79. The molecule has 9 nitrogen and oxygen atoms in total. The van der Waals surface area contributed by atoms with Crippen molar-refractivity contribution in [1.82, 2.24) is 15.0 Å². The first-order chi connectivity index (χ1) is 11.0. The van der Waals surface area contributed by atoms with Crippen LogP contribution < -0.4 is 11.2 Å². The smallest absolute Gasteiger partial charge is 0.325 e. The van der Waals surface area contributed by atoms with Gasteiger partial charge in [-0.2, -0.15) is 0 Å². The van der Waals surface area contributed by atoms with Crippen molar-refractivity contribution in [3.8, 4) is 5.88 Å². The Bertz CT molecular complexity index is 999. The zero-order valence-electron chi connectivity index (χ0n) is 11.7. The summed E-state index contributed by atoms with van der Waals surface area (Å²) in [6.07, 6.45) is -0.286. The molecule has 0 radical (unpaired) electrons. The molecule has 0 aliphatic rings. The molecule has 0 spiro atoms. The van der Waals surface area contributed by atoms with Crippen LogP contribution in [0.3, 0.4) is 0 Å². The molecule has 0 fully saturated rings. The van der Waals surface area contributed by atoms with Crippen LogP contribution in [0.15, 0.2) is 50.1 Å². The average molecular weight is 313 g/mol. The highest BCUT2D eigenvalue weighted by Crippen LogP contribution is 2.35. The number of aromatic nitrogens is 3. The van der Waals surface area contributed by atoms with Gasteiger partial charge in [-0.25, -0.2) is 4.79 Å². The number of aromatic hydroxyl groups is 1. The number of aromatic amines is 3. The van der Waals surface area contributed by atoms with Gasteiger partial charge in [0.2, 0.25) is 5.88 Å². The molecular weight excluding hydrogens is 302 g/mol. The Balaban J connectivity index is 1.84. The Morgan fingerprint density at radius 2 is 1.91 bits per heavy atom. The lowest BCUT2D eigenvalue weighted by molar-refractivity contribution is -0.117. The van der Waals surface area contributed by atoms with Gasteiger partial charge in [0, 0.05) is 17.1 Å². The van der Waals surface area contributed by atoms with Gasteiger partial charge in [0.05, 0.1) is 11.9 Å². The molecule has 0 saturated heterocycles. The van der Waals surface area contributed by atoms with Crippen LogP contribution in [0.1, 0.15) is 5.69 Å². The van der Waals surface area contributed by atoms with Gasteiger partial charge in [0.25, 0.3) is 11.5 Å². The number of nitrogens with zero attached hydrogens (tertiary/aromatic N) is 2. The van der Waals surface area contributed by atoms with Crippen LogP contribution >= 0.6 is 0 Å². The molecule has 4 N–H and O–H groups in total. The summed E-state index contributed by atoms with van der Waals surface area (Å²) in [5, 5.41) is 17.7. The van der Waals surface area contributed by atoms with E-state index in [9.17, 15) is 19.5 Å². The van der Waals surface area contributed by atoms with Crippen LogP contribution in [0.5, 0.6) is 5.88 Å². The number of fused-ring (bicyclic) bond motifs is 1. The summed E-state index contributed by atoms with van der Waals surface area (Å²) in [6.45, 7) is 0. The Kier molecular flexibility index (Phi) is 3.59. The first-order valence-corrected chi connectivity index (χ1v) is 6.60. The van der Waals surface area contributed by atoms with Gasteiger partial charge in [-0.1, -0.05) is 18.2 Å². The van der Waals surface area contributed by atoms with Gasteiger partial charge in [0.15, 0.2) is 5.69 Å². The molecule has 1 amide bonds. The lowest BCUT2D eigenvalue weighted by Gasteiger charge is -1.95. The van der Waals surface area contributed by atoms with Gasteiger partial charge in [-0.05, 0) is 6.07 Å². The third-order valence-corrected chi connectivity index (χ3v) is 3.08. The molecule has 0 aliphatic carbocycles. The molecular formula is C14H11N5O4. The van der Waals surface area contributed by atoms with Crippen LogP contribution in [-0.4, -0.2) is 26.0 Å². The molecule has 9 heteroatoms. The van der Waals surface area contributed by atoms with E-state index in [1.165, 1.54) is 0 Å². The van der Waals surface area contributed by atoms with E-state index in [1.54, 1.807) is 24.3 Å². The summed E-state index contributed by atoms with van der Waals surface area (Å²) in [5.41, 5.74) is -0.376. The molecule has 0 aliphatic heterocycles. The second-order valence-corrected chi connectivity index (χ2v) is 4.75. The Labute approximate surface area is 127 Å². The van der Waals surface area contributed by atoms with Crippen molar-refractivity contribution in [2.75, 3.05) is 0 Å². The lowest BCUT2D eigenvalue weighted by Crippen LogP contribution is -2.23. The fourth-order valence-corrected chi connectivity index (χ4v) is 2.13. The van der Waals surface area contributed by atoms with E-state index in [0.29, 0.717) is 10.9 Å². The molecule has 0 unspecified atom stereocenters. The zero-order chi connectivity index (χ0) is 16.4. The Morgan fingerprint density at radius 3 is 2.70 bits per heavy atom. The maximum Gasteiger partial charge on any atom is 0.325 e. The zero-order valence-corrected chi connectivity index (χ0v) is 11.7. The quantitative estimate of drug-likeness (QED) is 0.537. The Morgan fingerprint density at radius 1 is 1.13 bits per heavy atom. The number of azo groups is 1. The summed E-state index contributed by atoms with van der Waals surface area (Å²) in [5.74, 6) is -0.872. The standard InChI is InChI=1S/C14H11N5O4/c20-10-5-7(15-14(23)17-10)6-11(21)18-19-12-8-3-1-2-4-9(8)16-13(12)22/h1-5,16,22H,6H2,(H2,15,17,20,23). The van der Waals surface area contributed by atoms with Gasteiger partial charge in [-0.15, -0.1) is 10.2 Å². The van der Waals surface area contributed by atoms with Crippen molar-refractivity contribution in [3.05, 3.63) is 56.9 Å². The SMILES string of the molecule is O=C(Cc1cc(=O)[nH]c(=O)[nH]1)N=Nc1c(O)[nH]c2ccccc12. The monoisotopic (exact) mass is 313 g/mol. The van der Waals surface area contributed by atoms with Gasteiger partial charge in [-0.3, -0.25) is 14.6 Å². The summed E-state index contributed by atoms with van der Waals surface area (Å²) < 4.78 is 0. The number of rotatable bonds is 3. The van der Waals surface area contributed by atoms with Crippen molar-refractivity contribution in [1.29, 1.82) is 0 Å². The van der Waals surface area contributed by atoms with Gasteiger partial charge in [0.1, 0.15) is 0 Å². The topological polar surface area (TPSA) is 144 Å². The van der Waals surface area contributed by atoms with Crippen LogP contribution in [-0.2, 0) is 11.2 Å². The largest absolute Gasteiger partial charge is 0.493 e. The number of hydrogen-bond donors (Lipinski definition) is 4. The molecule has 1 aromatic carbocycles. The molecule has 2 aromatic heterocycles. The lowest BCUT2D eigenvalue weighted by atomic mass is 10.2. The predicted molar refractivity (Wildman–Crippen MR) is 80.9 cm³/mol. The van der Waals surface area contributed by atoms with Crippen LogP contribution in [0, 0.1) is 0 Å². The van der Waals surface area contributed by atoms with Gasteiger partial charge < -0.3 is 15.1 Å². The third-order valence-electron chi connectivity index (χ3n) is 3.08.